The van der Waals surface area contributed by atoms with Gasteiger partial charge in [0.1, 0.15) is 5.01 Å². The summed E-state index contributed by atoms with van der Waals surface area (Å²) in [4.78, 5) is 29.7. The highest BCUT2D eigenvalue weighted by atomic mass is 32.1. The van der Waals surface area contributed by atoms with Crippen molar-refractivity contribution in [3.8, 4) is 0 Å². The highest BCUT2D eigenvalue weighted by Gasteiger charge is 2.12. The number of aromatic nitrogens is 3. The van der Waals surface area contributed by atoms with E-state index in [0.29, 0.717) is 23.8 Å². The van der Waals surface area contributed by atoms with Gasteiger partial charge in [-0.25, -0.2) is 4.98 Å². The molecule has 0 fully saturated rings. The van der Waals surface area contributed by atoms with E-state index < -0.39 is 0 Å². The van der Waals surface area contributed by atoms with Crippen molar-refractivity contribution in [2.45, 2.75) is 20.4 Å². The third kappa shape index (κ3) is 3.40. The van der Waals surface area contributed by atoms with Crippen LogP contribution in [-0.4, -0.2) is 45.7 Å². The SMILES string of the molecule is CCOC(=O)CN(C)Cc1nn2c(=O)cc(C)nc2s1. The Kier molecular flexibility index (Phi) is 4.46. The molecule has 20 heavy (non-hydrogen) atoms. The molecule has 0 saturated carbocycles. The van der Waals surface area contributed by atoms with Crippen LogP contribution in [0.15, 0.2) is 10.9 Å². The third-order valence-corrected chi connectivity index (χ3v) is 3.42. The first-order chi connectivity index (χ1) is 9.49. The molecule has 2 rings (SSSR count). The van der Waals surface area contributed by atoms with E-state index in [-0.39, 0.29) is 18.1 Å². The maximum atomic E-state index is 11.7. The molecule has 2 aromatic rings. The van der Waals surface area contributed by atoms with E-state index in [0.717, 1.165) is 5.01 Å². The van der Waals surface area contributed by atoms with Crippen molar-refractivity contribution in [3.05, 3.63) is 27.1 Å². The Labute approximate surface area is 119 Å². The van der Waals surface area contributed by atoms with Gasteiger partial charge in [0.25, 0.3) is 5.56 Å². The summed E-state index contributed by atoms with van der Waals surface area (Å²) in [6.45, 7) is 4.56. The molecule has 0 amide bonds. The molecular formula is C12H16N4O3S. The highest BCUT2D eigenvalue weighted by molar-refractivity contribution is 7.16. The topological polar surface area (TPSA) is 76.8 Å². The van der Waals surface area contributed by atoms with Crippen molar-refractivity contribution in [2.24, 2.45) is 0 Å². The van der Waals surface area contributed by atoms with E-state index in [2.05, 4.69) is 10.1 Å². The Hall–Kier alpha value is -1.80. The van der Waals surface area contributed by atoms with Crippen LogP contribution < -0.4 is 5.56 Å². The number of ether oxygens (including phenoxy) is 1. The van der Waals surface area contributed by atoms with Crippen molar-refractivity contribution in [1.82, 2.24) is 19.5 Å². The van der Waals surface area contributed by atoms with E-state index >= 15 is 0 Å². The monoisotopic (exact) mass is 296 g/mol. The Bertz CT molecular complexity index is 679. The molecule has 0 N–H and O–H groups in total. The van der Waals surface area contributed by atoms with Crippen LogP contribution >= 0.6 is 11.3 Å². The van der Waals surface area contributed by atoms with Crippen molar-refractivity contribution >= 4 is 22.3 Å². The predicted molar refractivity (Wildman–Crippen MR) is 74.8 cm³/mol. The Morgan fingerprint density at radius 2 is 2.30 bits per heavy atom. The lowest BCUT2D eigenvalue weighted by molar-refractivity contribution is -0.144. The number of fused-ring (bicyclic) bond motifs is 1. The fraction of sp³-hybridized carbons (Fsp3) is 0.500. The van der Waals surface area contributed by atoms with Crippen LogP contribution in [0.25, 0.3) is 4.96 Å². The molecule has 2 aromatic heterocycles. The molecule has 0 saturated heterocycles. The second kappa shape index (κ2) is 6.10. The lowest BCUT2D eigenvalue weighted by Gasteiger charge is -2.12. The fourth-order valence-electron chi connectivity index (χ4n) is 1.74. The van der Waals surface area contributed by atoms with Crippen LogP contribution in [0, 0.1) is 6.92 Å². The van der Waals surface area contributed by atoms with Gasteiger partial charge in [-0.1, -0.05) is 11.3 Å². The van der Waals surface area contributed by atoms with Crippen molar-refractivity contribution in [2.75, 3.05) is 20.2 Å². The van der Waals surface area contributed by atoms with E-state index in [4.69, 9.17) is 4.74 Å². The summed E-state index contributed by atoms with van der Waals surface area (Å²) in [6, 6.07) is 1.44. The number of carbonyl (C=O) groups is 1. The Balaban J connectivity index is 2.12. The van der Waals surface area contributed by atoms with E-state index in [1.807, 2.05) is 0 Å². The molecular weight excluding hydrogens is 280 g/mol. The number of hydrogen-bond donors (Lipinski definition) is 0. The number of nitrogens with zero attached hydrogens (tertiary/aromatic N) is 4. The van der Waals surface area contributed by atoms with Crippen LogP contribution in [0.5, 0.6) is 0 Å². The van der Waals surface area contributed by atoms with Gasteiger partial charge in [-0.05, 0) is 20.9 Å². The zero-order chi connectivity index (χ0) is 14.7. The zero-order valence-corrected chi connectivity index (χ0v) is 12.4. The van der Waals surface area contributed by atoms with Crippen LogP contribution in [0.3, 0.4) is 0 Å². The minimum absolute atomic E-state index is 0.186. The standard InChI is InChI=1S/C12H16N4O3S/c1-4-19-11(18)7-15(3)6-9-14-16-10(17)5-8(2)13-12(16)20-9/h5H,4,6-7H2,1-3H3. The predicted octanol–water partition coefficient (Wildman–Crippen LogP) is 0.454. The van der Waals surface area contributed by atoms with E-state index in [1.165, 1.54) is 21.9 Å². The normalized spacial score (nSPS) is 11.2. The molecule has 8 heteroatoms. The summed E-state index contributed by atoms with van der Waals surface area (Å²) < 4.78 is 6.16. The van der Waals surface area contributed by atoms with Crippen LogP contribution in [0.4, 0.5) is 0 Å². The number of aryl methyl sites for hydroxylation is 1. The highest BCUT2D eigenvalue weighted by Crippen LogP contribution is 2.12. The minimum atomic E-state index is -0.276. The van der Waals surface area contributed by atoms with Crippen molar-refractivity contribution in [3.63, 3.8) is 0 Å². The molecule has 0 aliphatic carbocycles. The van der Waals surface area contributed by atoms with Gasteiger partial charge in [0.15, 0.2) is 0 Å². The van der Waals surface area contributed by atoms with Crippen molar-refractivity contribution in [1.29, 1.82) is 0 Å². The largest absolute Gasteiger partial charge is 0.465 e. The van der Waals surface area contributed by atoms with Crippen LogP contribution in [0.2, 0.25) is 0 Å². The molecule has 108 valence electrons. The number of rotatable bonds is 5. The zero-order valence-electron chi connectivity index (χ0n) is 11.6. The molecule has 0 aromatic carbocycles. The summed E-state index contributed by atoms with van der Waals surface area (Å²) in [7, 11) is 1.80. The van der Waals surface area contributed by atoms with E-state index in [9.17, 15) is 9.59 Å². The number of esters is 1. The molecule has 0 aliphatic rings. The number of hydrogen-bond acceptors (Lipinski definition) is 7. The molecule has 0 unspecified atom stereocenters. The summed E-state index contributed by atoms with van der Waals surface area (Å²) >= 11 is 1.34. The minimum Gasteiger partial charge on any atom is -0.465 e. The van der Waals surface area contributed by atoms with Gasteiger partial charge in [-0.15, -0.1) is 0 Å². The smallest absolute Gasteiger partial charge is 0.320 e. The lowest BCUT2D eigenvalue weighted by atomic mass is 10.5. The van der Waals surface area contributed by atoms with Gasteiger partial charge in [0, 0.05) is 11.8 Å². The molecule has 0 spiro atoms. The molecule has 0 atom stereocenters. The van der Waals surface area contributed by atoms with Gasteiger partial charge in [0.05, 0.1) is 19.7 Å². The Morgan fingerprint density at radius 3 is 3.00 bits per heavy atom. The number of carbonyl (C=O) groups excluding carboxylic acids is 1. The average molecular weight is 296 g/mol. The maximum Gasteiger partial charge on any atom is 0.320 e. The van der Waals surface area contributed by atoms with Gasteiger partial charge in [0.2, 0.25) is 4.96 Å². The molecule has 0 radical (unpaired) electrons. The molecule has 0 aliphatic heterocycles. The summed E-state index contributed by atoms with van der Waals surface area (Å²) in [6.07, 6.45) is 0. The van der Waals surface area contributed by atoms with Gasteiger partial charge in [-0.2, -0.15) is 9.61 Å². The first-order valence-corrected chi connectivity index (χ1v) is 7.02. The first kappa shape index (κ1) is 14.6. The maximum absolute atomic E-state index is 11.7. The third-order valence-electron chi connectivity index (χ3n) is 2.52. The summed E-state index contributed by atoms with van der Waals surface area (Å²) in [5.41, 5.74) is 0.480. The molecule has 7 nitrogen and oxygen atoms in total. The van der Waals surface area contributed by atoms with Crippen molar-refractivity contribution < 1.29 is 9.53 Å². The summed E-state index contributed by atoms with van der Waals surface area (Å²) in [5, 5.41) is 4.94. The first-order valence-electron chi connectivity index (χ1n) is 6.20. The van der Waals surface area contributed by atoms with Gasteiger partial charge in [-0.3, -0.25) is 14.5 Å². The van der Waals surface area contributed by atoms with Crippen LogP contribution in [0.1, 0.15) is 17.6 Å². The Morgan fingerprint density at radius 1 is 1.55 bits per heavy atom. The number of likely N-dealkylation sites (N-methyl/N-ethyl adjacent to an activating group) is 1. The fourth-order valence-corrected chi connectivity index (χ4v) is 2.76. The second-order valence-electron chi connectivity index (χ2n) is 4.40. The average Bonchev–Trinajstić information content (AvgIpc) is 2.71. The molecule has 0 bridgehead atoms. The summed E-state index contributed by atoms with van der Waals surface area (Å²) in [5.74, 6) is -0.276. The van der Waals surface area contributed by atoms with Crippen LogP contribution in [-0.2, 0) is 16.1 Å². The van der Waals surface area contributed by atoms with Gasteiger partial charge < -0.3 is 4.74 Å². The van der Waals surface area contributed by atoms with Gasteiger partial charge >= 0.3 is 5.97 Å². The second-order valence-corrected chi connectivity index (χ2v) is 5.44. The quantitative estimate of drug-likeness (QED) is 0.746. The van der Waals surface area contributed by atoms with E-state index in [1.54, 1.807) is 25.8 Å². The molecule has 2 heterocycles. The lowest BCUT2D eigenvalue weighted by Crippen LogP contribution is -2.27.